The van der Waals surface area contributed by atoms with Gasteiger partial charge in [0.25, 0.3) is 23.6 Å². The maximum Gasteiger partial charge on any atom is 0.262 e. The minimum Gasteiger partial charge on any atom is -0.349 e. The number of hydrogen-bond acceptors (Lipinski definition) is 4. The zero-order valence-corrected chi connectivity index (χ0v) is 19.5. The molecule has 1 fully saturated rings. The standard InChI is InChI=1S/C26H29N3O4/c1-16-6-5-7-17(14-16)22(30)27-19-10-12-28(13-11-19)23(31)18-8-9-20-21(15-18)25(33)29(24(20)32)26(2,3)4/h5-9,14-15,19H,10-13H2,1-4H3,(H,27,30). The van der Waals surface area contributed by atoms with Gasteiger partial charge in [0, 0.05) is 35.8 Å². The number of hydrogen-bond donors (Lipinski definition) is 1. The average Bonchev–Trinajstić information content (AvgIpc) is 3.03. The van der Waals surface area contributed by atoms with Crippen LogP contribution >= 0.6 is 0 Å². The molecule has 0 aliphatic carbocycles. The Balaban J connectivity index is 1.40. The number of rotatable bonds is 3. The molecule has 0 aromatic heterocycles. The fourth-order valence-electron chi connectivity index (χ4n) is 4.45. The Morgan fingerprint density at radius 3 is 2.21 bits per heavy atom. The first-order valence-corrected chi connectivity index (χ1v) is 11.3. The largest absolute Gasteiger partial charge is 0.349 e. The van der Waals surface area contributed by atoms with Gasteiger partial charge in [-0.15, -0.1) is 0 Å². The molecule has 0 unspecified atom stereocenters. The van der Waals surface area contributed by atoms with Crippen molar-refractivity contribution in [3.63, 3.8) is 0 Å². The van der Waals surface area contributed by atoms with Crippen LogP contribution in [-0.4, -0.2) is 58.1 Å². The van der Waals surface area contributed by atoms with Crippen molar-refractivity contribution in [1.29, 1.82) is 0 Å². The van der Waals surface area contributed by atoms with E-state index in [4.69, 9.17) is 0 Å². The fraction of sp³-hybridized carbons (Fsp3) is 0.385. The van der Waals surface area contributed by atoms with Crippen LogP contribution in [0.2, 0.25) is 0 Å². The Morgan fingerprint density at radius 2 is 1.58 bits per heavy atom. The van der Waals surface area contributed by atoms with E-state index in [-0.39, 0.29) is 35.2 Å². The molecule has 2 aliphatic heterocycles. The van der Waals surface area contributed by atoms with Crippen molar-refractivity contribution in [3.8, 4) is 0 Å². The Labute approximate surface area is 193 Å². The Kier molecular flexibility index (Phi) is 5.82. The van der Waals surface area contributed by atoms with Crippen LogP contribution < -0.4 is 5.32 Å². The van der Waals surface area contributed by atoms with Crippen LogP contribution in [0.5, 0.6) is 0 Å². The molecule has 4 amide bonds. The maximum atomic E-state index is 13.1. The molecule has 2 aliphatic rings. The van der Waals surface area contributed by atoms with Gasteiger partial charge in [-0.1, -0.05) is 17.7 Å². The third-order valence-electron chi connectivity index (χ3n) is 6.20. The van der Waals surface area contributed by atoms with Crippen molar-refractivity contribution in [3.05, 3.63) is 70.3 Å². The van der Waals surface area contributed by atoms with Crippen LogP contribution in [0.3, 0.4) is 0 Å². The smallest absolute Gasteiger partial charge is 0.262 e. The van der Waals surface area contributed by atoms with Crippen molar-refractivity contribution in [2.75, 3.05) is 13.1 Å². The number of fused-ring (bicyclic) bond motifs is 1. The molecular weight excluding hydrogens is 418 g/mol. The number of amides is 4. The number of nitrogens with zero attached hydrogens (tertiary/aromatic N) is 2. The van der Waals surface area contributed by atoms with Gasteiger partial charge < -0.3 is 10.2 Å². The molecule has 1 N–H and O–H groups in total. The van der Waals surface area contributed by atoms with E-state index in [0.717, 1.165) is 5.56 Å². The Hall–Kier alpha value is -3.48. The molecule has 7 nitrogen and oxygen atoms in total. The summed E-state index contributed by atoms with van der Waals surface area (Å²) in [6, 6.07) is 12.2. The predicted octanol–water partition coefficient (Wildman–Crippen LogP) is 3.42. The number of aryl methyl sites for hydroxylation is 1. The number of carbonyl (C=O) groups excluding carboxylic acids is 4. The molecule has 0 spiro atoms. The first kappa shape index (κ1) is 22.7. The van der Waals surface area contributed by atoms with Crippen LogP contribution in [0.1, 0.15) is 80.6 Å². The van der Waals surface area contributed by atoms with Gasteiger partial charge in [0.05, 0.1) is 11.1 Å². The second-order valence-corrected chi connectivity index (χ2v) is 9.79. The van der Waals surface area contributed by atoms with Gasteiger partial charge in [-0.25, -0.2) is 0 Å². The van der Waals surface area contributed by atoms with Crippen molar-refractivity contribution in [2.24, 2.45) is 0 Å². The molecule has 2 aromatic rings. The fourth-order valence-corrected chi connectivity index (χ4v) is 4.45. The van der Waals surface area contributed by atoms with E-state index in [1.807, 2.05) is 45.9 Å². The van der Waals surface area contributed by atoms with Crippen LogP contribution in [-0.2, 0) is 0 Å². The third kappa shape index (κ3) is 4.40. The lowest BCUT2D eigenvalue weighted by molar-refractivity contribution is 0.0507. The Bertz CT molecular complexity index is 1140. The van der Waals surface area contributed by atoms with E-state index in [2.05, 4.69) is 5.32 Å². The van der Waals surface area contributed by atoms with Crippen molar-refractivity contribution in [2.45, 2.75) is 52.1 Å². The summed E-state index contributed by atoms with van der Waals surface area (Å²) >= 11 is 0. The first-order valence-electron chi connectivity index (χ1n) is 11.3. The van der Waals surface area contributed by atoms with E-state index in [1.165, 1.54) is 11.0 Å². The zero-order chi connectivity index (χ0) is 23.9. The zero-order valence-electron chi connectivity index (χ0n) is 19.5. The summed E-state index contributed by atoms with van der Waals surface area (Å²) in [6.45, 7) is 8.39. The van der Waals surface area contributed by atoms with E-state index in [0.29, 0.717) is 42.6 Å². The molecule has 4 rings (SSSR count). The van der Waals surface area contributed by atoms with Crippen molar-refractivity contribution < 1.29 is 19.2 Å². The summed E-state index contributed by atoms with van der Waals surface area (Å²) in [6.07, 6.45) is 1.31. The SMILES string of the molecule is Cc1cccc(C(=O)NC2CCN(C(=O)c3ccc4c(c3)C(=O)N(C(C)(C)C)C4=O)CC2)c1. The molecule has 0 bridgehead atoms. The maximum absolute atomic E-state index is 13.1. The van der Waals surface area contributed by atoms with E-state index in [1.54, 1.807) is 23.1 Å². The highest BCUT2D eigenvalue weighted by Crippen LogP contribution is 2.30. The van der Waals surface area contributed by atoms with Gasteiger partial charge >= 0.3 is 0 Å². The molecule has 2 heterocycles. The molecule has 33 heavy (non-hydrogen) atoms. The van der Waals surface area contributed by atoms with Crippen LogP contribution in [0.4, 0.5) is 0 Å². The lowest BCUT2D eigenvalue weighted by Gasteiger charge is -2.32. The minimum absolute atomic E-state index is 0.00151. The van der Waals surface area contributed by atoms with Gasteiger partial charge in [0.15, 0.2) is 0 Å². The minimum atomic E-state index is -0.637. The summed E-state index contributed by atoms with van der Waals surface area (Å²) in [5, 5.41) is 3.06. The van der Waals surface area contributed by atoms with Crippen molar-refractivity contribution >= 4 is 23.6 Å². The molecule has 2 aromatic carbocycles. The quantitative estimate of drug-likeness (QED) is 0.731. The number of benzene rings is 2. The molecular formula is C26H29N3O4. The highest BCUT2D eigenvalue weighted by Gasteiger charge is 2.42. The van der Waals surface area contributed by atoms with E-state index >= 15 is 0 Å². The van der Waals surface area contributed by atoms with E-state index in [9.17, 15) is 19.2 Å². The topological polar surface area (TPSA) is 86.8 Å². The highest BCUT2D eigenvalue weighted by atomic mass is 16.2. The number of likely N-dealkylation sites (tertiary alicyclic amines) is 1. The van der Waals surface area contributed by atoms with Gasteiger partial charge in [-0.2, -0.15) is 0 Å². The summed E-state index contributed by atoms with van der Waals surface area (Å²) in [5.41, 5.74) is 2.04. The molecule has 172 valence electrons. The Morgan fingerprint density at radius 1 is 0.909 bits per heavy atom. The number of carbonyl (C=O) groups is 4. The molecule has 0 atom stereocenters. The van der Waals surface area contributed by atoms with E-state index < -0.39 is 5.54 Å². The highest BCUT2D eigenvalue weighted by molar-refractivity contribution is 6.22. The van der Waals surface area contributed by atoms with Gasteiger partial charge in [0.2, 0.25) is 0 Å². The second-order valence-electron chi connectivity index (χ2n) is 9.79. The first-order chi connectivity index (χ1) is 15.6. The summed E-state index contributed by atoms with van der Waals surface area (Å²) < 4.78 is 0. The molecule has 7 heteroatoms. The number of piperidine rings is 1. The predicted molar refractivity (Wildman–Crippen MR) is 124 cm³/mol. The van der Waals surface area contributed by atoms with Crippen LogP contribution in [0, 0.1) is 6.92 Å². The second kappa shape index (κ2) is 8.46. The average molecular weight is 448 g/mol. The van der Waals surface area contributed by atoms with Gasteiger partial charge in [0.1, 0.15) is 0 Å². The number of imide groups is 1. The summed E-state index contributed by atoms with van der Waals surface area (Å²) in [7, 11) is 0. The lowest BCUT2D eigenvalue weighted by Crippen LogP contribution is -2.46. The normalized spacial score (nSPS) is 16.7. The van der Waals surface area contributed by atoms with Gasteiger partial charge in [-0.05, 0) is 70.9 Å². The van der Waals surface area contributed by atoms with Crippen LogP contribution in [0.15, 0.2) is 42.5 Å². The molecule has 1 saturated heterocycles. The van der Waals surface area contributed by atoms with Gasteiger partial charge in [-0.3, -0.25) is 24.1 Å². The molecule has 0 saturated carbocycles. The summed E-state index contributed by atoms with van der Waals surface area (Å²) in [4.78, 5) is 54.1. The summed E-state index contributed by atoms with van der Waals surface area (Å²) in [5.74, 6) is -0.967. The number of nitrogens with one attached hydrogen (secondary N) is 1. The third-order valence-corrected chi connectivity index (χ3v) is 6.20. The van der Waals surface area contributed by atoms with Crippen molar-refractivity contribution in [1.82, 2.24) is 15.1 Å². The monoisotopic (exact) mass is 447 g/mol. The lowest BCUT2D eigenvalue weighted by atomic mass is 10.0. The molecule has 0 radical (unpaired) electrons. The van der Waals surface area contributed by atoms with Crippen LogP contribution in [0.25, 0.3) is 0 Å².